The van der Waals surface area contributed by atoms with Gasteiger partial charge in [-0.25, -0.2) is 4.39 Å². The average Bonchev–Trinajstić information content (AvgIpc) is 3.38. The maximum absolute atomic E-state index is 13.2. The molecule has 0 unspecified atom stereocenters. The first-order chi connectivity index (χ1) is 17.3. The lowest BCUT2D eigenvalue weighted by Gasteiger charge is -2.15. The Balaban J connectivity index is 0.00000304. The molecule has 0 aliphatic rings. The lowest BCUT2D eigenvalue weighted by molar-refractivity contribution is 0.302. The molecule has 0 aliphatic heterocycles. The Morgan fingerprint density at radius 3 is 2.50 bits per heavy atom. The van der Waals surface area contributed by atoms with E-state index in [0.717, 1.165) is 50.8 Å². The largest absolute Gasteiger partial charge is 0.489 e. The summed E-state index contributed by atoms with van der Waals surface area (Å²) in [6, 6.07) is 28.6. The summed E-state index contributed by atoms with van der Waals surface area (Å²) in [6.45, 7) is 1.81. The molecule has 4 aromatic carbocycles. The van der Waals surface area contributed by atoms with Crippen LogP contribution in [0.2, 0.25) is 0 Å². The van der Waals surface area contributed by atoms with Gasteiger partial charge in [0.25, 0.3) is 0 Å². The SMILES string of the molecule is Cl.Fc1ccc(COc2ccc3ccccc3c2CNCCSc2nnnn2-c2ccccc2)cc1. The van der Waals surface area contributed by atoms with Gasteiger partial charge in [0.15, 0.2) is 0 Å². The van der Waals surface area contributed by atoms with Crippen molar-refractivity contribution >= 4 is 34.9 Å². The average molecular weight is 522 g/mol. The number of ether oxygens (including phenoxy) is 1. The summed E-state index contributed by atoms with van der Waals surface area (Å²) in [5, 5.41) is 18.7. The molecule has 1 heterocycles. The van der Waals surface area contributed by atoms with Gasteiger partial charge in [0, 0.05) is 24.4 Å². The number of aromatic nitrogens is 4. The summed E-state index contributed by atoms with van der Waals surface area (Å²) in [5.41, 5.74) is 2.96. The van der Waals surface area contributed by atoms with Gasteiger partial charge in [0.05, 0.1) is 5.69 Å². The van der Waals surface area contributed by atoms with Crippen LogP contribution in [0.4, 0.5) is 4.39 Å². The molecule has 0 fully saturated rings. The fourth-order valence-corrected chi connectivity index (χ4v) is 4.59. The van der Waals surface area contributed by atoms with Crippen LogP contribution < -0.4 is 10.1 Å². The van der Waals surface area contributed by atoms with E-state index in [-0.39, 0.29) is 18.2 Å². The number of halogens is 2. The van der Waals surface area contributed by atoms with Gasteiger partial charge >= 0.3 is 0 Å². The van der Waals surface area contributed by atoms with E-state index >= 15 is 0 Å². The van der Waals surface area contributed by atoms with Crippen LogP contribution in [0.3, 0.4) is 0 Å². The van der Waals surface area contributed by atoms with Crippen molar-refractivity contribution in [1.29, 1.82) is 0 Å². The van der Waals surface area contributed by atoms with Crippen LogP contribution in [-0.2, 0) is 13.2 Å². The minimum absolute atomic E-state index is 0. The Bertz CT molecular complexity index is 1400. The number of benzene rings is 4. The second kappa shape index (κ2) is 12.5. The van der Waals surface area contributed by atoms with Crippen LogP contribution in [0.1, 0.15) is 11.1 Å². The van der Waals surface area contributed by atoms with Crippen molar-refractivity contribution in [2.45, 2.75) is 18.3 Å². The number of rotatable bonds is 10. The number of tetrazole rings is 1. The van der Waals surface area contributed by atoms with Crippen LogP contribution in [0, 0.1) is 5.82 Å². The van der Waals surface area contributed by atoms with Crippen molar-refractivity contribution in [3.8, 4) is 11.4 Å². The number of nitrogens with zero attached hydrogens (tertiary/aromatic N) is 4. The van der Waals surface area contributed by atoms with E-state index < -0.39 is 0 Å². The third-order valence-electron chi connectivity index (χ3n) is 5.56. The van der Waals surface area contributed by atoms with Crippen LogP contribution in [0.5, 0.6) is 5.75 Å². The highest BCUT2D eigenvalue weighted by molar-refractivity contribution is 7.99. The Labute approximate surface area is 219 Å². The molecule has 0 aliphatic carbocycles. The molecule has 9 heteroatoms. The summed E-state index contributed by atoms with van der Waals surface area (Å²) < 4.78 is 21.1. The zero-order valence-electron chi connectivity index (χ0n) is 19.4. The summed E-state index contributed by atoms with van der Waals surface area (Å²) in [5.74, 6) is 1.38. The number of para-hydroxylation sites is 1. The standard InChI is InChI=1S/C27H24FN5OS.ClH/c28-22-13-10-20(11-14-22)19-34-26-15-12-21-6-4-5-9-24(21)25(26)18-29-16-17-35-27-30-31-32-33(27)23-7-2-1-3-8-23;/h1-15,29H,16-19H2;1H. The van der Waals surface area contributed by atoms with E-state index in [4.69, 9.17) is 4.74 Å². The molecule has 1 N–H and O–H groups in total. The summed E-state index contributed by atoms with van der Waals surface area (Å²) >= 11 is 1.60. The molecular formula is C27H25ClFN5OS. The lowest BCUT2D eigenvalue weighted by atomic mass is 10.0. The molecular weight excluding hydrogens is 497 g/mol. The second-order valence-electron chi connectivity index (χ2n) is 7.91. The maximum atomic E-state index is 13.2. The first-order valence-electron chi connectivity index (χ1n) is 11.3. The van der Waals surface area contributed by atoms with Gasteiger partial charge in [-0.2, -0.15) is 4.68 Å². The van der Waals surface area contributed by atoms with Gasteiger partial charge in [-0.3, -0.25) is 0 Å². The third kappa shape index (κ3) is 6.20. The molecule has 0 spiro atoms. The molecule has 1 aromatic heterocycles. The highest BCUT2D eigenvalue weighted by Gasteiger charge is 2.11. The quantitative estimate of drug-likeness (QED) is 0.184. The van der Waals surface area contributed by atoms with Crippen molar-refractivity contribution in [2.75, 3.05) is 12.3 Å². The molecule has 0 bridgehead atoms. The smallest absolute Gasteiger partial charge is 0.214 e. The minimum atomic E-state index is -0.250. The molecule has 5 rings (SSSR count). The van der Waals surface area contributed by atoms with E-state index in [9.17, 15) is 4.39 Å². The fraction of sp³-hybridized carbons (Fsp3) is 0.148. The first-order valence-corrected chi connectivity index (χ1v) is 12.3. The molecule has 0 atom stereocenters. The monoisotopic (exact) mass is 521 g/mol. The van der Waals surface area contributed by atoms with Gasteiger partial charge in [0.1, 0.15) is 18.2 Å². The minimum Gasteiger partial charge on any atom is -0.489 e. The summed E-state index contributed by atoms with van der Waals surface area (Å²) in [6.07, 6.45) is 0. The highest BCUT2D eigenvalue weighted by atomic mass is 35.5. The summed E-state index contributed by atoms with van der Waals surface area (Å²) in [7, 11) is 0. The van der Waals surface area contributed by atoms with Crippen molar-refractivity contribution in [3.05, 3.63) is 108 Å². The van der Waals surface area contributed by atoms with Crippen LogP contribution in [0.15, 0.2) is 96.2 Å². The molecule has 0 radical (unpaired) electrons. The normalized spacial score (nSPS) is 10.8. The lowest BCUT2D eigenvalue weighted by Crippen LogP contribution is -2.18. The second-order valence-corrected chi connectivity index (χ2v) is 8.97. The predicted molar refractivity (Wildman–Crippen MR) is 144 cm³/mol. The molecule has 5 aromatic rings. The van der Waals surface area contributed by atoms with Gasteiger partial charge in [-0.15, -0.1) is 17.5 Å². The Morgan fingerprint density at radius 2 is 1.67 bits per heavy atom. The van der Waals surface area contributed by atoms with E-state index in [0.29, 0.717) is 13.2 Å². The number of hydrogen-bond donors (Lipinski definition) is 1. The molecule has 36 heavy (non-hydrogen) atoms. The highest BCUT2D eigenvalue weighted by Crippen LogP contribution is 2.29. The van der Waals surface area contributed by atoms with Crippen LogP contribution in [-0.4, -0.2) is 32.5 Å². The topological polar surface area (TPSA) is 64.9 Å². The van der Waals surface area contributed by atoms with Crippen LogP contribution >= 0.6 is 24.2 Å². The number of fused-ring (bicyclic) bond motifs is 1. The van der Waals surface area contributed by atoms with Crippen LogP contribution in [0.25, 0.3) is 16.5 Å². The fourth-order valence-electron chi connectivity index (χ4n) is 3.80. The molecule has 6 nitrogen and oxygen atoms in total. The van der Waals surface area contributed by atoms with Crippen molar-refractivity contribution in [1.82, 2.24) is 25.5 Å². The van der Waals surface area contributed by atoms with Gasteiger partial charge in [0.2, 0.25) is 5.16 Å². The van der Waals surface area contributed by atoms with E-state index in [1.54, 1.807) is 28.6 Å². The molecule has 184 valence electrons. The molecule has 0 amide bonds. The van der Waals surface area contributed by atoms with E-state index in [2.05, 4.69) is 39.0 Å². The summed E-state index contributed by atoms with van der Waals surface area (Å²) in [4.78, 5) is 0. The van der Waals surface area contributed by atoms with Gasteiger partial charge in [-0.05, 0) is 57.1 Å². The van der Waals surface area contributed by atoms with Gasteiger partial charge in [-0.1, -0.05) is 72.4 Å². The number of nitrogens with one attached hydrogen (secondary N) is 1. The first kappa shape index (κ1) is 25.6. The number of hydrogen-bond acceptors (Lipinski definition) is 6. The Morgan fingerprint density at radius 1 is 0.889 bits per heavy atom. The third-order valence-corrected chi connectivity index (χ3v) is 6.48. The zero-order chi connectivity index (χ0) is 23.9. The predicted octanol–water partition coefficient (Wildman–Crippen LogP) is 5.84. The zero-order valence-corrected chi connectivity index (χ0v) is 21.0. The number of thioether (sulfide) groups is 1. The molecule has 0 saturated carbocycles. The van der Waals surface area contributed by atoms with Gasteiger partial charge < -0.3 is 10.1 Å². The molecule has 0 saturated heterocycles. The van der Waals surface area contributed by atoms with Crippen molar-refractivity contribution in [3.63, 3.8) is 0 Å². The Hall–Kier alpha value is -3.46. The van der Waals surface area contributed by atoms with E-state index in [1.807, 2.05) is 48.5 Å². The van der Waals surface area contributed by atoms with E-state index in [1.165, 1.54) is 12.1 Å². The Kier molecular flexibility index (Phi) is 8.89. The van der Waals surface area contributed by atoms with Crippen molar-refractivity contribution < 1.29 is 9.13 Å². The maximum Gasteiger partial charge on any atom is 0.214 e. The van der Waals surface area contributed by atoms with Crippen molar-refractivity contribution in [2.24, 2.45) is 0 Å².